The number of aliphatic carboxylic acids is 1. The highest BCUT2D eigenvalue weighted by atomic mass is 19.4. The molecular weight excluding hydrogens is 1230 g/mol. The first-order valence-electron chi connectivity index (χ1n) is 29.6. The second-order valence-corrected chi connectivity index (χ2v) is 23.9. The van der Waals surface area contributed by atoms with Gasteiger partial charge in [0.15, 0.2) is 11.3 Å². The van der Waals surface area contributed by atoms with Crippen LogP contribution in [0.3, 0.4) is 0 Å². The van der Waals surface area contributed by atoms with Gasteiger partial charge < -0.3 is 56.7 Å². The number of amides is 5. The number of carbonyl (C=O) groups excluding carboxylic acids is 5. The number of nitrogens with one attached hydrogen (secondary N) is 3. The number of rotatable bonds is 14. The third-order valence-corrected chi connectivity index (χ3v) is 14.3. The first kappa shape index (κ1) is 71.5. The number of hydrogen-bond acceptors (Lipinski definition) is 19. The van der Waals surface area contributed by atoms with Crippen molar-refractivity contribution in [2.45, 2.75) is 98.2 Å². The third kappa shape index (κ3) is 19.1. The average Bonchev–Trinajstić information content (AvgIpc) is 1.62. The molecule has 2 atom stereocenters. The molecule has 8 N–H and O–H groups in total. The van der Waals surface area contributed by atoms with Crippen LogP contribution in [-0.4, -0.2) is 170 Å². The molecule has 5 amide bonds. The molecule has 0 saturated carbocycles. The Kier molecular flexibility index (Phi) is 23.1. The monoisotopic (exact) mass is 1310 g/mol. The number of likely N-dealkylation sites (tertiary alicyclic amines) is 1. The van der Waals surface area contributed by atoms with Gasteiger partial charge in [-0.1, -0.05) is 43.8 Å². The molecule has 0 bridgehead atoms. The Labute approximate surface area is 545 Å². The predicted octanol–water partition coefficient (Wildman–Crippen LogP) is 9.63. The van der Waals surface area contributed by atoms with E-state index in [0.717, 1.165) is 66.1 Å². The van der Waals surface area contributed by atoms with Gasteiger partial charge in [-0.25, -0.2) is 53.7 Å². The number of carbonyl (C=O) groups is 6. The van der Waals surface area contributed by atoms with Crippen molar-refractivity contribution < 1.29 is 56.5 Å². The zero-order chi connectivity index (χ0) is 68.2. The van der Waals surface area contributed by atoms with E-state index in [1.54, 1.807) is 102 Å². The second kappa shape index (κ2) is 30.7. The van der Waals surface area contributed by atoms with Crippen molar-refractivity contribution in [2.24, 2.45) is 0 Å². The van der Waals surface area contributed by atoms with Crippen LogP contribution >= 0.6 is 0 Å². The van der Waals surface area contributed by atoms with E-state index in [1.165, 1.54) is 46.7 Å². The van der Waals surface area contributed by atoms with E-state index in [4.69, 9.17) is 36.2 Å². The minimum absolute atomic E-state index is 0. The summed E-state index contributed by atoms with van der Waals surface area (Å²) in [5.41, 5.74) is 15.9. The van der Waals surface area contributed by atoms with Crippen molar-refractivity contribution in [1.82, 2.24) is 69.5 Å². The number of nitrogens with zero attached hydrogens (tertiary/aromatic N) is 13. The maximum atomic E-state index is 13.1. The number of hydrogen-bond donors (Lipinski definition) is 6. The molecule has 0 spiro atoms. The Morgan fingerprint density at radius 2 is 1.14 bits per heavy atom. The fourth-order valence-electron chi connectivity index (χ4n) is 9.67. The first-order chi connectivity index (χ1) is 44.4. The van der Waals surface area contributed by atoms with Gasteiger partial charge in [-0.05, 0) is 122 Å². The largest absolute Gasteiger partial charge is 0.478 e. The minimum atomic E-state index is -4.58. The number of nitrogen functional groups attached to an aromatic ring is 2. The number of fused-ring (bicyclic) bond motifs is 2. The fourth-order valence-corrected chi connectivity index (χ4v) is 9.67. The highest BCUT2D eigenvalue weighted by Crippen LogP contribution is 2.36. The van der Waals surface area contributed by atoms with Gasteiger partial charge in [-0.2, -0.15) is 23.4 Å². The van der Waals surface area contributed by atoms with Crippen molar-refractivity contribution >= 4 is 81.2 Å². The summed E-state index contributed by atoms with van der Waals surface area (Å²) in [6.45, 7) is 15.6. The van der Waals surface area contributed by atoms with E-state index in [1.807, 2.05) is 35.9 Å². The number of halogens is 3. The van der Waals surface area contributed by atoms with Crippen LogP contribution in [0.4, 0.5) is 46.0 Å². The van der Waals surface area contributed by atoms with E-state index < -0.39 is 47.0 Å². The molecule has 0 aliphatic carbocycles. The van der Waals surface area contributed by atoms with Crippen LogP contribution in [0.5, 0.6) is 0 Å². The molecule has 2 aliphatic heterocycles. The van der Waals surface area contributed by atoms with E-state index in [-0.39, 0.29) is 61.6 Å². The Balaban J connectivity index is 0.000000231. The average molecular weight is 1310 g/mol. The smallest absolute Gasteiger partial charge is 0.416 e. The van der Waals surface area contributed by atoms with E-state index in [2.05, 4.69) is 45.9 Å². The number of aromatic nitrogens is 10. The number of carboxylic acids is 1. The van der Waals surface area contributed by atoms with Crippen molar-refractivity contribution in [2.75, 3.05) is 75.5 Å². The Bertz CT molecular complexity index is 4120. The van der Waals surface area contributed by atoms with Crippen molar-refractivity contribution in [3.8, 4) is 22.5 Å². The number of anilines is 4. The van der Waals surface area contributed by atoms with Crippen LogP contribution in [0.2, 0.25) is 0 Å². The molecule has 0 unspecified atom stereocenters. The molecule has 2 saturated heterocycles. The highest BCUT2D eigenvalue weighted by Gasteiger charge is 2.33. The first-order valence-corrected chi connectivity index (χ1v) is 29.6. The molecule has 0 radical (unpaired) electrons. The van der Waals surface area contributed by atoms with Gasteiger partial charge in [0.1, 0.15) is 58.5 Å². The van der Waals surface area contributed by atoms with Gasteiger partial charge in [-0.15, -0.1) is 0 Å². The van der Waals surface area contributed by atoms with Crippen LogP contribution in [0.15, 0.2) is 122 Å². The van der Waals surface area contributed by atoms with Crippen LogP contribution in [-0.2, 0) is 25.2 Å². The third-order valence-electron chi connectivity index (χ3n) is 14.3. The zero-order valence-electron chi connectivity index (χ0n) is 53.2. The quantitative estimate of drug-likeness (QED) is 0.0551. The van der Waals surface area contributed by atoms with Crippen LogP contribution < -0.4 is 27.4 Å². The molecule has 6 aromatic heterocycles. The van der Waals surface area contributed by atoms with Crippen molar-refractivity contribution in [1.29, 1.82) is 0 Å². The summed E-state index contributed by atoms with van der Waals surface area (Å²) >= 11 is 0. The molecule has 10 rings (SSSR count). The lowest BCUT2D eigenvalue weighted by atomic mass is 10.1. The Morgan fingerprint density at radius 3 is 1.59 bits per heavy atom. The van der Waals surface area contributed by atoms with Crippen molar-refractivity contribution in [3.05, 3.63) is 144 Å². The summed E-state index contributed by atoms with van der Waals surface area (Å²) in [6, 6.07) is 18.8. The van der Waals surface area contributed by atoms with Gasteiger partial charge in [0.05, 0.1) is 28.4 Å². The molecular formula is C65H77F3N18O9. The van der Waals surface area contributed by atoms with Gasteiger partial charge >= 0.3 is 24.3 Å². The van der Waals surface area contributed by atoms with Crippen LogP contribution in [0, 0.1) is 6.92 Å². The minimum Gasteiger partial charge on any atom is -0.478 e. The summed E-state index contributed by atoms with van der Waals surface area (Å²) in [7, 11) is 3.13. The summed E-state index contributed by atoms with van der Waals surface area (Å²) in [5.74, 6) is -1.24. The number of pyridine rings is 2. The molecule has 2 aromatic carbocycles. The number of alkyl halides is 3. The fraction of sp³-hybridized carbons (Fsp3) is 0.354. The topological polar surface area (TPSA) is 352 Å². The van der Waals surface area contributed by atoms with Crippen LogP contribution in [0.1, 0.15) is 106 Å². The number of likely N-dealkylation sites (N-methyl/N-ethyl adjacent to an activating group) is 2. The summed E-state index contributed by atoms with van der Waals surface area (Å²) in [4.78, 5) is 101. The molecule has 30 heteroatoms. The SMILES string of the molecule is C.CN(C/C=C/C(=O)N1CC[C@@H](n2nc(-c3ccc(C(=O)Nc4cc(C(F)(F)F)ccn4)cc3)c3c(N)ncnc32)C1)C(=O)OC(C)(C)C.CN(C/C=C/C(=O)O)C(=O)OC(C)(C)C.Cc1ccnc(NC(=O)c2ccc(-c3nn([C@@H]4CCNC4)c4ncnc(N)c34)cc2)c1. The van der Waals surface area contributed by atoms with Crippen LogP contribution in [0.25, 0.3) is 44.6 Å². The molecule has 95 heavy (non-hydrogen) atoms. The summed E-state index contributed by atoms with van der Waals surface area (Å²) in [5, 5.41) is 27.8. The second-order valence-electron chi connectivity index (χ2n) is 23.9. The Hall–Kier alpha value is -10.9. The molecule has 8 aromatic rings. The van der Waals surface area contributed by atoms with Gasteiger partial charge in [-0.3, -0.25) is 14.4 Å². The molecule has 502 valence electrons. The maximum absolute atomic E-state index is 13.1. The van der Waals surface area contributed by atoms with Gasteiger partial charge in [0.25, 0.3) is 11.8 Å². The lowest BCUT2D eigenvalue weighted by Gasteiger charge is -2.23. The number of aryl methyl sites for hydroxylation is 1. The zero-order valence-corrected chi connectivity index (χ0v) is 53.2. The number of nitrogens with two attached hydrogens (primary N) is 2. The molecule has 8 heterocycles. The van der Waals surface area contributed by atoms with E-state index in [9.17, 15) is 41.9 Å². The molecule has 2 fully saturated rings. The predicted molar refractivity (Wildman–Crippen MR) is 352 cm³/mol. The number of carboxylic acid groups (broad SMARTS) is 1. The summed E-state index contributed by atoms with van der Waals surface area (Å²) < 4.78 is 53.2. The van der Waals surface area contributed by atoms with Gasteiger partial charge in [0.2, 0.25) is 5.91 Å². The lowest BCUT2D eigenvalue weighted by Crippen LogP contribution is -2.34. The molecule has 2 aliphatic rings. The van der Waals surface area contributed by atoms with Gasteiger partial charge in [0, 0.05) is 93.6 Å². The lowest BCUT2D eigenvalue weighted by molar-refractivity contribution is -0.137. The maximum Gasteiger partial charge on any atom is 0.416 e. The number of benzene rings is 2. The van der Waals surface area contributed by atoms with Crippen molar-refractivity contribution in [3.63, 3.8) is 0 Å². The van der Waals surface area contributed by atoms with E-state index in [0.29, 0.717) is 64.7 Å². The normalized spacial score (nSPS) is 14.7. The highest BCUT2D eigenvalue weighted by molar-refractivity contribution is 6.06. The van der Waals surface area contributed by atoms with E-state index >= 15 is 0 Å². The molecule has 27 nitrogen and oxygen atoms in total. The Morgan fingerprint density at radius 1 is 0.663 bits per heavy atom. The standard InChI is InChI=1S/C32H34F3N9O4.C22H22N8O.C10H17NO4.CH4/c1-31(2,3)48-30(47)42(4)14-5-6-24(45)43-15-12-22(17-43)44-28-25(27(36)38-18-39-28)26(41-44)19-7-9-20(10-8-19)29(46)40-23-16-21(11-13-37-23)32(33,34)35;1-13-6-9-25-17(10-13)28-22(31)15-4-2-14(3-5-15)19-18-20(23)26-12-27-21(18)30(29-19)16-7-8-24-11-16;1-10(2,3)15-9(14)11(4)7-5-6-8(12)13;/h5-11,13,16,18,22H,12,14-15,17H2,1-4H3,(H2,36,38,39)(H,37,40,46);2-6,9-10,12,16,24H,7-8,11H2,1H3,(H2,23,26,27)(H,25,28,31);5-6H,7H2,1-4H3,(H,12,13);1H4/b6-5+;;6-5+;/t22-;16-;;/m11../s1. The number of ether oxygens (including phenoxy) is 2. The summed E-state index contributed by atoms with van der Waals surface area (Å²) in [6.07, 6.45) is 6.87.